The van der Waals surface area contributed by atoms with Crippen molar-refractivity contribution in [2.75, 3.05) is 39.7 Å². The van der Waals surface area contributed by atoms with Gasteiger partial charge in [-0.2, -0.15) is 0 Å². The van der Waals surface area contributed by atoms with Gasteiger partial charge in [-0.1, -0.05) is 0 Å². The average molecular weight is 206 g/mol. The Morgan fingerprint density at radius 3 is 1.69 bits per heavy atom. The van der Waals surface area contributed by atoms with E-state index >= 15 is 0 Å². The van der Waals surface area contributed by atoms with Gasteiger partial charge in [0.05, 0.1) is 0 Å². The molecule has 0 N–H and O–H groups in total. The lowest BCUT2D eigenvalue weighted by atomic mass is 10.3. The third-order valence-corrected chi connectivity index (χ3v) is 1.64. The van der Waals surface area contributed by atoms with Gasteiger partial charge in [0.1, 0.15) is 0 Å². The van der Waals surface area contributed by atoms with Gasteiger partial charge in [0.25, 0.3) is 0 Å². The van der Waals surface area contributed by atoms with Gasteiger partial charge >= 0.3 is 6.03 Å². The van der Waals surface area contributed by atoms with Gasteiger partial charge in [-0.25, -0.2) is 4.79 Å². The van der Waals surface area contributed by atoms with Crippen LogP contribution in [0, 0.1) is 0 Å². The molecule has 1 saturated heterocycles. The molecule has 0 unspecified atom stereocenters. The minimum absolute atomic E-state index is 0.140. The molecule has 0 spiro atoms. The zero-order chi connectivity index (χ0) is 10.4. The maximum atomic E-state index is 11.0. The summed E-state index contributed by atoms with van der Waals surface area (Å²) in [5, 5.41) is 0. The van der Waals surface area contributed by atoms with Crippen molar-refractivity contribution in [1.82, 2.24) is 9.80 Å². The van der Waals surface area contributed by atoms with Crippen molar-refractivity contribution in [3.8, 4) is 0 Å². The van der Waals surface area contributed by atoms with Crippen LogP contribution >= 0.6 is 0 Å². The van der Waals surface area contributed by atoms with E-state index in [1.807, 2.05) is 14.1 Å². The SMILES string of the molecule is CN1CCCN(C)C1=O.CS(C)=O. The lowest BCUT2D eigenvalue weighted by molar-refractivity contribution is 0.153. The van der Waals surface area contributed by atoms with Crippen LogP contribution in [0.4, 0.5) is 4.79 Å². The van der Waals surface area contributed by atoms with E-state index in [2.05, 4.69) is 0 Å². The fraction of sp³-hybridized carbons (Fsp3) is 0.875. The number of carbonyl (C=O) groups excluding carboxylic acids is 1. The quantitative estimate of drug-likeness (QED) is 0.574. The van der Waals surface area contributed by atoms with Crippen LogP contribution in [0.3, 0.4) is 0 Å². The summed E-state index contributed by atoms with van der Waals surface area (Å²) in [6, 6.07) is 0.140. The molecule has 1 heterocycles. The molecule has 0 aromatic rings. The second kappa shape index (κ2) is 5.96. The summed E-state index contributed by atoms with van der Waals surface area (Å²) in [6.07, 6.45) is 4.37. The van der Waals surface area contributed by atoms with Crippen LogP contribution in [0.5, 0.6) is 0 Å². The molecule has 0 atom stereocenters. The first-order valence-electron chi connectivity index (χ1n) is 4.16. The van der Waals surface area contributed by atoms with Gasteiger partial charge in [-0.05, 0) is 6.42 Å². The van der Waals surface area contributed by atoms with Gasteiger partial charge in [0.15, 0.2) is 0 Å². The highest BCUT2D eigenvalue weighted by Crippen LogP contribution is 2.02. The summed E-state index contributed by atoms with van der Waals surface area (Å²) in [5.74, 6) is 0. The summed E-state index contributed by atoms with van der Waals surface area (Å²) >= 11 is 0. The third kappa shape index (κ3) is 5.63. The van der Waals surface area contributed by atoms with E-state index in [-0.39, 0.29) is 6.03 Å². The lowest BCUT2D eigenvalue weighted by Crippen LogP contribution is -2.44. The number of hydrogen-bond donors (Lipinski definition) is 0. The topological polar surface area (TPSA) is 40.6 Å². The molecule has 0 aliphatic carbocycles. The smallest absolute Gasteiger partial charge is 0.319 e. The molecule has 0 aromatic carbocycles. The van der Waals surface area contributed by atoms with E-state index in [0.29, 0.717) is 0 Å². The number of urea groups is 1. The van der Waals surface area contributed by atoms with Crippen molar-refractivity contribution in [2.45, 2.75) is 6.42 Å². The standard InChI is InChI=1S/C6H12N2O.C2H6OS/c1-7-4-3-5-8(2)6(7)9;1-4(2)3/h3-5H2,1-2H3;1-2H3. The number of hydrogen-bond acceptors (Lipinski definition) is 2. The Balaban J connectivity index is 0.000000310. The van der Waals surface area contributed by atoms with Gasteiger partial charge in [0.2, 0.25) is 0 Å². The molecule has 0 saturated carbocycles. The lowest BCUT2D eigenvalue weighted by Gasteiger charge is -2.30. The van der Waals surface area contributed by atoms with Crippen LogP contribution in [-0.2, 0) is 10.8 Å². The fourth-order valence-corrected chi connectivity index (χ4v) is 1.03. The Morgan fingerprint density at radius 2 is 1.46 bits per heavy atom. The summed E-state index contributed by atoms with van der Waals surface area (Å²) in [6.45, 7) is 1.81. The normalized spacial score (nSPS) is 17.2. The van der Waals surface area contributed by atoms with Gasteiger partial charge in [0, 0.05) is 50.5 Å². The van der Waals surface area contributed by atoms with Crippen LogP contribution in [0.15, 0.2) is 0 Å². The van der Waals surface area contributed by atoms with Crippen molar-refractivity contribution in [1.29, 1.82) is 0 Å². The average Bonchev–Trinajstić information content (AvgIpc) is 1.99. The second-order valence-electron chi connectivity index (χ2n) is 3.22. The Kier molecular flexibility index (Phi) is 5.70. The monoisotopic (exact) mass is 206 g/mol. The maximum Gasteiger partial charge on any atom is 0.319 e. The summed E-state index contributed by atoms with van der Waals surface area (Å²) in [4.78, 5) is 14.5. The Labute approximate surface area is 82.3 Å². The maximum absolute atomic E-state index is 11.0. The molecule has 13 heavy (non-hydrogen) atoms. The molecule has 1 fully saturated rings. The van der Waals surface area contributed by atoms with Crippen LogP contribution in [-0.4, -0.2) is 59.7 Å². The van der Waals surface area contributed by atoms with E-state index in [0.717, 1.165) is 19.5 Å². The Hall–Kier alpha value is -0.580. The Bertz CT molecular complexity index is 181. The van der Waals surface area contributed by atoms with Gasteiger partial charge < -0.3 is 9.80 Å². The summed E-state index contributed by atoms with van der Waals surface area (Å²) in [5.41, 5.74) is 0. The van der Waals surface area contributed by atoms with Gasteiger partial charge in [-0.3, -0.25) is 4.21 Å². The molecule has 1 rings (SSSR count). The molecular formula is C8H18N2O2S. The first-order chi connectivity index (χ1) is 5.95. The van der Waals surface area contributed by atoms with Crippen molar-refractivity contribution >= 4 is 16.8 Å². The molecule has 2 amide bonds. The highest BCUT2D eigenvalue weighted by atomic mass is 32.2. The van der Waals surface area contributed by atoms with Gasteiger partial charge in [-0.15, -0.1) is 0 Å². The van der Waals surface area contributed by atoms with Crippen molar-refractivity contribution in [3.05, 3.63) is 0 Å². The number of carbonyl (C=O) groups is 1. The van der Waals surface area contributed by atoms with E-state index in [1.165, 1.54) is 0 Å². The second-order valence-corrected chi connectivity index (χ2v) is 4.70. The minimum atomic E-state index is -0.611. The Morgan fingerprint density at radius 1 is 1.15 bits per heavy atom. The predicted octanol–water partition coefficient (Wildman–Crippen LogP) is 0.368. The highest BCUT2D eigenvalue weighted by Gasteiger charge is 2.17. The van der Waals surface area contributed by atoms with E-state index in [1.54, 1.807) is 22.3 Å². The first-order valence-corrected chi connectivity index (χ1v) is 6.13. The van der Waals surface area contributed by atoms with Crippen LogP contribution in [0.2, 0.25) is 0 Å². The fourth-order valence-electron chi connectivity index (χ4n) is 1.03. The van der Waals surface area contributed by atoms with Crippen molar-refractivity contribution in [2.24, 2.45) is 0 Å². The van der Waals surface area contributed by atoms with Crippen molar-refractivity contribution in [3.63, 3.8) is 0 Å². The number of nitrogens with zero attached hydrogens (tertiary/aromatic N) is 2. The van der Waals surface area contributed by atoms with E-state index < -0.39 is 10.8 Å². The zero-order valence-corrected chi connectivity index (χ0v) is 9.56. The van der Waals surface area contributed by atoms with Crippen LogP contribution in [0.25, 0.3) is 0 Å². The predicted molar refractivity (Wildman–Crippen MR) is 55.3 cm³/mol. The molecule has 78 valence electrons. The molecule has 5 heteroatoms. The van der Waals surface area contributed by atoms with Crippen molar-refractivity contribution < 1.29 is 9.00 Å². The first kappa shape index (κ1) is 12.4. The third-order valence-electron chi connectivity index (χ3n) is 1.64. The van der Waals surface area contributed by atoms with E-state index in [4.69, 9.17) is 0 Å². The summed E-state index contributed by atoms with van der Waals surface area (Å²) in [7, 11) is 3.05. The van der Waals surface area contributed by atoms with Crippen LogP contribution < -0.4 is 0 Å². The molecule has 1 aliphatic heterocycles. The molecule has 0 aromatic heterocycles. The van der Waals surface area contributed by atoms with Crippen LogP contribution in [0.1, 0.15) is 6.42 Å². The largest absolute Gasteiger partial charge is 0.328 e. The minimum Gasteiger partial charge on any atom is -0.328 e. The number of amides is 2. The molecule has 0 bridgehead atoms. The number of rotatable bonds is 0. The highest BCUT2D eigenvalue weighted by molar-refractivity contribution is 7.83. The molecule has 4 nitrogen and oxygen atoms in total. The molecule has 1 aliphatic rings. The van der Waals surface area contributed by atoms with E-state index in [9.17, 15) is 9.00 Å². The molecule has 0 radical (unpaired) electrons. The zero-order valence-electron chi connectivity index (χ0n) is 8.74. The summed E-state index contributed by atoms with van der Waals surface area (Å²) < 4.78 is 9.56. The molecular weight excluding hydrogens is 188 g/mol.